The minimum Gasteiger partial charge on any atom is -0.341 e. The van der Waals surface area contributed by atoms with E-state index in [4.69, 9.17) is 0 Å². The highest BCUT2D eigenvalue weighted by Gasteiger charge is 2.19. The van der Waals surface area contributed by atoms with Crippen molar-refractivity contribution in [3.05, 3.63) is 83.7 Å². The second-order valence-corrected chi connectivity index (χ2v) is 6.04. The Morgan fingerprint density at radius 3 is 2.32 bits per heavy atom. The van der Waals surface area contributed by atoms with Crippen LogP contribution >= 0.6 is 0 Å². The van der Waals surface area contributed by atoms with Gasteiger partial charge in [0, 0.05) is 24.6 Å². The average molecular weight is 338 g/mol. The van der Waals surface area contributed by atoms with E-state index in [1.165, 1.54) is 12.1 Å². The van der Waals surface area contributed by atoms with Crippen LogP contribution in [0.15, 0.2) is 61.2 Å². The van der Waals surface area contributed by atoms with Crippen LogP contribution in [0.1, 0.15) is 47.4 Å². The van der Waals surface area contributed by atoms with Crippen molar-refractivity contribution in [1.29, 1.82) is 0 Å². The first-order valence-corrected chi connectivity index (χ1v) is 8.05. The molecule has 0 aliphatic carbocycles. The van der Waals surface area contributed by atoms with Gasteiger partial charge in [-0.3, -0.25) is 14.5 Å². The smallest absolute Gasteiger partial charge is 0.255 e. The van der Waals surface area contributed by atoms with Crippen LogP contribution in [0.5, 0.6) is 0 Å². The number of carbonyl (C=O) groups excluding carboxylic acids is 1. The minimum absolute atomic E-state index is 0.176. The highest BCUT2D eigenvalue weighted by Crippen LogP contribution is 2.22. The molecule has 3 aromatic rings. The number of carbonyl (C=O) groups is 1. The van der Waals surface area contributed by atoms with Crippen molar-refractivity contribution in [1.82, 2.24) is 20.1 Å². The zero-order valence-electron chi connectivity index (χ0n) is 14.1. The van der Waals surface area contributed by atoms with Gasteiger partial charge in [-0.15, -0.1) is 0 Å². The predicted octanol–water partition coefficient (Wildman–Crippen LogP) is 3.52. The van der Waals surface area contributed by atoms with Gasteiger partial charge >= 0.3 is 0 Å². The number of nitrogens with one attached hydrogen (secondary N) is 1. The Bertz CT molecular complexity index is 843. The summed E-state index contributed by atoms with van der Waals surface area (Å²) in [7, 11) is 0. The zero-order valence-corrected chi connectivity index (χ0v) is 14.1. The number of rotatable bonds is 5. The van der Waals surface area contributed by atoms with Crippen molar-refractivity contribution < 1.29 is 9.18 Å². The molecule has 0 saturated carbocycles. The summed E-state index contributed by atoms with van der Waals surface area (Å²) in [4.78, 5) is 16.7. The molecule has 0 spiro atoms. The van der Waals surface area contributed by atoms with Gasteiger partial charge in [0.25, 0.3) is 5.91 Å². The van der Waals surface area contributed by atoms with Crippen LogP contribution in [0.3, 0.4) is 0 Å². The van der Waals surface area contributed by atoms with Gasteiger partial charge in [-0.2, -0.15) is 5.10 Å². The Hall–Kier alpha value is -3.02. The van der Waals surface area contributed by atoms with E-state index in [1.54, 1.807) is 41.6 Å². The number of hydrogen-bond donors (Lipinski definition) is 1. The lowest BCUT2D eigenvalue weighted by molar-refractivity contribution is 0.0943. The predicted molar refractivity (Wildman–Crippen MR) is 92.6 cm³/mol. The Balaban J connectivity index is 1.89. The van der Waals surface area contributed by atoms with E-state index in [1.807, 2.05) is 26.0 Å². The fourth-order valence-corrected chi connectivity index (χ4v) is 2.52. The summed E-state index contributed by atoms with van der Waals surface area (Å²) in [5.41, 5.74) is 2.14. The number of benzene rings is 1. The summed E-state index contributed by atoms with van der Waals surface area (Å²) in [5.74, 6) is -0.556. The maximum Gasteiger partial charge on any atom is 0.255 e. The molecule has 0 bridgehead atoms. The molecule has 128 valence electrons. The third-order valence-electron chi connectivity index (χ3n) is 3.91. The standard InChI is InChI=1S/C19H19FN4O/c1-13(2)24-12-16(11-22-24)19(25)23-18(15-7-9-21-10-8-15)14-3-5-17(20)6-4-14/h3-13,18H,1-2H3,(H,23,25). The van der Waals surface area contributed by atoms with Crippen LogP contribution in [0.25, 0.3) is 0 Å². The first kappa shape index (κ1) is 16.8. The van der Waals surface area contributed by atoms with Crippen molar-refractivity contribution in [2.45, 2.75) is 25.9 Å². The lowest BCUT2D eigenvalue weighted by atomic mass is 9.99. The topological polar surface area (TPSA) is 59.8 Å². The van der Waals surface area contributed by atoms with E-state index in [-0.39, 0.29) is 17.8 Å². The maximum absolute atomic E-state index is 13.3. The van der Waals surface area contributed by atoms with Crippen molar-refractivity contribution in [2.24, 2.45) is 0 Å². The van der Waals surface area contributed by atoms with Crippen molar-refractivity contribution >= 4 is 5.91 Å². The van der Waals surface area contributed by atoms with E-state index in [0.717, 1.165) is 11.1 Å². The van der Waals surface area contributed by atoms with Gasteiger partial charge in [0.15, 0.2) is 0 Å². The Labute approximate surface area is 145 Å². The first-order valence-electron chi connectivity index (χ1n) is 8.05. The van der Waals surface area contributed by atoms with Crippen molar-refractivity contribution in [3.8, 4) is 0 Å². The second kappa shape index (κ2) is 7.25. The van der Waals surface area contributed by atoms with Crippen LogP contribution < -0.4 is 5.32 Å². The molecule has 0 fully saturated rings. The van der Waals surface area contributed by atoms with Gasteiger partial charge in [0.05, 0.1) is 17.8 Å². The van der Waals surface area contributed by atoms with E-state index < -0.39 is 6.04 Å². The second-order valence-electron chi connectivity index (χ2n) is 6.04. The molecule has 2 aromatic heterocycles. The van der Waals surface area contributed by atoms with E-state index >= 15 is 0 Å². The summed E-state index contributed by atoms with van der Waals surface area (Å²) < 4.78 is 15.0. The molecular weight excluding hydrogens is 319 g/mol. The molecule has 1 atom stereocenters. The molecule has 0 aliphatic heterocycles. The Morgan fingerprint density at radius 1 is 1.08 bits per heavy atom. The fourth-order valence-electron chi connectivity index (χ4n) is 2.52. The third-order valence-corrected chi connectivity index (χ3v) is 3.91. The number of halogens is 1. The quantitative estimate of drug-likeness (QED) is 0.774. The Morgan fingerprint density at radius 2 is 1.72 bits per heavy atom. The number of pyridine rings is 1. The maximum atomic E-state index is 13.3. The molecule has 1 amide bonds. The summed E-state index contributed by atoms with van der Waals surface area (Å²) >= 11 is 0. The van der Waals surface area contributed by atoms with E-state index in [9.17, 15) is 9.18 Å². The molecule has 1 unspecified atom stereocenters. The van der Waals surface area contributed by atoms with Crippen LogP contribution in [0.2, 0.25) is 0 Å². The molecule has 2 heterocycles. The molecule has 1 aromatic carbocycles. The van der Waals surface area contributed by atoms with Gasteiger partial charge in [-0.1, -0.05) is 12.1 Å². The molecular formula is C19H19FN4O. The highest BCUT2D eigenvalue weighted by atomic mass is 19.1. The SMILES string of the molecule is CC(C)n1cc(C(=O)NC(c2ccncc2)c2ccc(F)cc2)cn1. The molecule has 3 rings (SSSR count). The van der Waals surface area contributed by atoms with Gasteiger partial charge < -0.3 is 5.32 Å². The fraction of sp³-hybridized carbons (Fsp3) is 0.211. The van der Waals surface area contributed by atoms with E-state index in [0.29, 0.717) is 5.56 Å². The lowest BCUT2D eigenvalue weighted by Gasteiger charge is -2.19. The number of aromatic nitrogens is 3. The number of amides is 1. The summed E-state index contributed by atoms with van der Waals surface area (Å²) in [6, 6.07) is 9.51. The van der Waals surface area contributed by atoms with Gasteiger partial charge in [-0.05, 0) is 49.2 Å². The number of hydrogen-bond acceptors (Lipinski definition) is 3. The van der Waals surface area contributed by atoms with E-state index in [2.05, 4.69) is 15.4 Å². The minimum atomic E-state index is -0.404. The molecule has 6 heteroatoms. The Kier molecular flexibility index (Phi) is 4.88. The molecule has 5 nitrogen and oxygen atoms in total. The third kappa shape index (κ3) is 3.91. The molecule has 0 saturated heterocycles. The molecule has 0 aliphatic rings. The molecule has 25 heavy (non-hydrogen) atoms. The first-order chi connectivity index (χ1) is 12.0. The van der Waals surface area contributed by atoms with Gasteiger partial charge in [0.1, 0.15) is 5.82 Å². The van der Waals surface area contributed by atoms with Gasteiger partial charge in [0.2, 0.25) is 0 Å². The zero-order chi connectivity index (χ0) is 17.8. The van der Waals surface area contributed by atoms with Crippen molar-refractivity contribution in [3.63, 3.8) is 0 Å². The molecule has 0 radical (unpaired) electrons. The highest BCUT2D eigenvalue weighted by molar-refractivity contribution is 5.94. The summed E-state index contributed by atoms with van der Waals surface area (Å²) in [5, 5.41) is 7.19. The molecule has 1 N–H and O–H groups in total. The largest absolute Gasteiger partial charge is 0.341 e. The summed E-state index contributed by atoms with van der Waals surface area (Å²) in [6.45, 7) is 3.99. The average Bonchev–Trinajstić information content (AvgIpc) is 3.12. The van der Waals surface area contributed by atoms with Crippen LogP contribution in [0.4, 0.5) is 4.39 Å². The monoisotopic (exact) mass is 338 g/mol. The summed E-state index contributed by atoms with van der Waals surface area (Å²) in [6.07, 6.45) is 6.58. The normalized spacial score (nSPS) is 12.2. The van der Waals surface area contributed by atoms with Crippen LogP contribution in [-0.4, -0.2) is 20.7 Å². The van der Waals surface area contributed by atoms with Crippen molar-refractivity contribution in [2.75, 3.05) is 0 Å². The number of nitrogens with zero attached hydrogens (tertiary/aromatic N) is 3. The van der Waals surface area contributed by atoms with Crippen LogP contribution in [-0.2, 0) is 0 Å². The van der Waals surface area contributed by atoms with Crippen LogP contribution in [0, 0.1) is 5.82 Å². The lowest BCUT2D eigenvalue weighted by Crippen LogP contribution is -2.29. The van der Waals surface area contributed by atoms with Gasteiger partial charge in [-0.25, -0.2) is 4.39 Å².